The molecule has 2 unspecified atom stereocenters. The minimum Gasteiger partial charge on any atom is -0.465 e. The quantitative estimate of drug-likeness (QED) is 0.645. The van der Waals surface area contributed by atoms with Crippen molar-refractivity contribution in [1.29, 1.82) is 0 Å². The van der Waals surface area contributed by atoms with Crippen LogP contribution >= 0.6 is 0 Å². The summed E-state index contributed by atoms with van der Waals surface area (Å²) in [6.07, 6.45) is 4.77. The molecule has 92 valence electrons. The fourth-order valence-electron chi connectivity index (χ4n) is 1.69. The van der Waals surface area contributed by atoms with Gasteiger partial charge in [0.25, 0.3) is 0 Å². The number of carbonyl (C=O) groups is 2. The lowest BCUT2D eigenvalue weighted by molar-refractivity contribution is -0.152. The Bertz CT molecular complexity index is 249. The van der Waals surface area contributed by atoms with Crippen molar-refractivity contribution in [3.05, 3.63) is 0 Å². The largest absolute Gasteiger partial charge is 0.465 e. The summed E-state index contributed by atoms with van der Waals surface area (Å²) < 4.78 is 9.62. The van der Waals surface area contributed by atoms with E-state index >= 15 is 0 Å². The summed E-state index contributed by atoms with van der Waals surface area (Å²) in [6, 6.07) is 0. The van der Waals surface area contributed by atoms with Gasteiger partial charge in [0.15, 0.2) is 0 Å². The van der Waals surface area contributed by atoms with Gasteiger partial charge in [-0.25, -0.2) is 0 Å². The van der Waals surface area contributed by atoms with Gasteiger partial charge in [-0.15, -0.1) is 0 Å². The van der Waals surface area contributed by atoms with Gasteiger partial charge in [0.05, 0.1) is 12.5 Å². The lowest BCUT2D eigenvalue weighted by atomic mass is 10.0. The summed E-state index contributed by atoms with van der Waals surface area (Å²) >= 11 is 0. The van der Waals surface area contributed by atoms with Gasteiger partial charge in [-0.1, -0.05) is 13.8 Å². The highest BCUT2D eigenvalue weighted by Gasteiger charge is 2.20. The molecule has 2 rings (SSSR count). The van der Waals surface area contributed by atoms with Crippen molar-refractivity contribution in [3.63, 3.8) is 0 Å². The summed E-state index contributed by atoms with van der Waals surface area (Å²) in [5.41, 5.74) is 0. The molecular formula is C12H20O4. The van der Waals surface area contributed by atoms with Crippen LogP contribution in [0.4, 0.5) is 0 Å². The highest BCUT2D eigenvalue weighted by atomic mass is 16.5. The standard InChI is InChI=1S/2C6H10O2/c1-5-3-2-4-8-6(5)7;1-2-5-3-4-6(7)8-5/h2*5H,2-4H2,1H3. The lowest BCUT2D eigenvalue weighted by Gasteiger charge is -2.15. The summed E-state index contributed by atoms with van der Waals surface area (Å²) in [5.74, 6) is 0.0804. The molecule has 0 aliphatic carbocycles. The van der Waals surface area contributed by atoms with Crippen molar-refractivity contribution in [3.8, 4) is 0 Å². The van der Waals surface area contributed by atoms with Crippen LogP contribution in [-0.2, 0) is 19.1 Å². The molecule has 0 radical (unpaired) electrons. The first-order valence-electron chi connectivity index (χ1n) is 5.99. The average molecular weight is 228 g/mol. The molecule has 2 fully saturated rings. The molecule has 0 amide bonds. The van der Waals surface area contributed by atoms with E-state index in [4.69, 9.17) is 9.47 Å². The number of ether oxygens (including phenoxy) is 2. The van der Waals surface area contributed by atoms with Crippen LogP contribution < -0.4 is 0 Å². The molecule has 2 aliphatic heterocycles. The van der Waals surface area contributed by atoms with Crippen molar-refractivity contribution in [2.24, 2.45) is 5.92 Å². The van der Waals surface area contributed by atoms with E-state index < -0.39 is 0 Å². The van der Waals surface area contributed by atoms with Crippen LogP contribution in [0.5, 0.6) is 0 Å². The second-order valence-corrected chi connectivity index (χ2v) is 4.27. The number of hydrogen-bond donors (Lipinski definition) is 0. The van der Waals surface area contributed by atoms with E-state index in [0.29, 0.717) is 13.0 Å². The van der Waals surface area contributed by atoms with E-state index in [9.17, 15) is 9.59 Å². The predicted molar refractivity (Wildman–Crippen MR) is 58.8 cm³/mol. The molecule has 2 heterocycles. The highest BCUT2D eigenvalue weighted by Crippen LogP contribution is 2.15. The Morgan fingerprint density at radius 2 is 2.06 bits per heavy atom. The number of carbonyl (C=O) groups excluding carboxylic acids is 2. The molecule has 2 aliphatic rings. The van der Waals surface area contributed by atoms with Gasteiger partial charge in [-0.2, -0.15) is 0 Å². The third-order valence-corrected chi connectivity index (χ3v) is 2.85. The molecule has 16 heavy (non-hydrogen) atoms. The van der Waals surface area contributed by atoms with E-state index in [1.54, 1.807) is 0 Å². The monoisotopic (exact) mass is 228 g/mol. The molecule has 0 aromatic heterocycles. The smallest absolute Gasteiger partial charge is 0.308 e. The SMILES string of the molecule is CC1CCCOC1=O.CCC1CCC(=O)O1. The molecule has 2 saturated heterocycles. The van der Waals surface area contributed by atoms with E-state index in [-0.39, 0.29) is 24.0 Å². The number of hydrogen-bond acceptors (Lipinski definition) is 4. The second-order valence-electron chi connectivity index (χ2n) is 4.27. The molecule has 0 aromatic rings. The van der Waals surface area contributed by atoms with E-state index in [0.717, 1.165) is 25.7 Å². The Hall–Kier alpha value is -1.06. The van der Waals surface area contributed by atoms with Crippen molar-refractivity contribution in [2.45, 2.75) is 52.1 Å². The van der Waals surface area contributed by atoms with E-state index in [1.165, 1.54) is 0 Å². The molecule has 0 bridgehead atoms. The zero-order valence-electron chi connectivity index (χ0n) is 10.0. The Morgan fingerprint density at radius 3 is 2.38 bits per heavy atom. The van der Waals surface area contributed by atoms with Crippen LogP contribution in [-0.4, -0.2) is 24.6 Å². The maximum absolute atomic E-state index is 10.6. The minimum atomic E-state index is -0.0312. The normalized spacial score (nSPS) is 28.9. The van der Waals surface area contributed by atoms with Crippen LogP contribution in [0, 0.1) is 5.92 Å². The van der Waals surface area contributed by atoms with Crippen LogP contribution in [0.15, 0.2) is 0 Å². The first-order valence-corrected chi connectivity index (χ1v) is 5.99. The van der Waals surface area contributed by atoms with Gasteiger partial charge < -0.3 is 9.47 Å². The Morgan fingerprint density at radius 1 is 1.31 bits per heavy atom. The number of cyclic esters (lactones) is 2. The van der Waals surface area contributed by atoms with Crippen LogP contribution in [0.25, 0.3) is 0 Å². The molecule has 2 atom stereocenters. The van der Waals surface area contributed by atoms with Crippen LogP contribution in [0.1, 0.15) is 46.0 Å². The minimum absolute atomic E-state index is 0.0307. The molecule has 0 N–H and O–H groups in total. The van der Waals surface area contributed by atoms with Gasteiger partial charge in [0, 0.05) is 6.42 Å². The third-order valence-electron chi connectivity index (χ3n) is 2.85. The van der Waals surface area contributed by atoms with Gasteiger partial charge >= 0.3 is 11.9 Å². The van der Waals surface area contributed by atoms with Gasteiger partial charge in [-0.3, -0.25) is 9.59 Å². The second kappa shape index (κ2) is 6.51. The lowest BCUT2D eigenvalue weighted by Crippen LogP contribution is -2.20. The molecule has 0 spiro atoms. The van der Waals surface area contributed by atoms with Crippen molar-refractivity contribution < 1.29 is 19.1 Å². The Labute approximate surface area is 96.3 Å². The number of rotatable bonds is 1. The fourth-order valence-corrected chi connectivity index (χ4v) is 1.69. The van der Waals surface area contributed by atoms with Crippen LogP contribution in [0.3, 0.4) is 0 Å². The van der Waals surface area contributed by atoms with Crippen LogP contribution in [0.2, 0.25) is 0 Å². The van der Waals surface area contributed by atoms with Gasteiger partial charge in [-0.05, 0) is 25.7 Å². The van der Waals surface area contributed by atoms with E-state index in [2.05, 4.69) is 0 Å². The summed E-state index contributed by atoms with van der Waals surface area (Å²) in [4.78, 5) is 21.0. The Kier molecular flexibility index (Phi) is 5.29. The van der Waals surface area contributed by atoms with Crippen molar-refractivity contribution in [2.75, 3.05) is 6.61 Å². The first-order chi connectivity index (χ1) is 7.63. The molecule has 0 saturated carbocycles. The molecule has 0 aromatic carbocycles. The zero-order valence-corrected chi connectivity index (χ0v) is 10.0. The fraction of sp³-hybridized carbons (Fsp3) is 0.833. The van der Waals surface area contributed by atoms with E-state index in [1.807, 2.05) is 13.8 Å². The maximum Gasteiger partial charge on any atom is 0.308 e. The van der Waals surface area contributed by atoms with Crippen molar-refractivity contribution >= 4 is 11.9 Å². The average Bonchev–Trinajstić information content (AvgIpc) is 2.70. The molecule has 4 nitrogen and oxygen atoms in total. The molecular weight excluding hydrogens is 208 g/mol. The zero-order chi connectivity index (χ0) is 12.0. The predicted octanol–water partition coefficient (Wildman–Crippen LogP) is 2.06. The van der Waals surface area contributed by atoms with Gasteiger partial charge in [0.1, 0.15) is 6.10 Å². The Balaban J connectivity index is 0.000000160. The third kappa shape index (κ3) is 4.21. The summed E-state index contributed by atoms with van der Waals surface area (Å²) in [6.45, 7) is 4.56. The first kappa shape index (κ1) is 13.0. The summed E-state index contributed by atoms with van der Waals surface area (Å²) in [7, 11) is 0. The maximum atomic E-state index is 10.6. The van der Waals surface area contributed by atoms with Gasteiger partial charge in [0.2, 0.25) is 0 Å². The van der Waals surface area contributed by atoms with Crippen molar-refractivity contribution in [1.82, 2.24) is 0 Å². The molecule has 4 heteroatoms. The highest BCUT2D eigenvalue weighted by molar-refractivity contribution is 5.72. The topological polar surface area (TPSA) is 52.6 Å². The number of esters is 2. The summed E-state index contributed by atoms with van der Waals surface area (Å²) in [5, 5.41) is 0.